The Kier molecular flexibility index (Phi) is 7.82. The number of carbonyl (C=O) groups is 1. The number of ether oxygens (including phenoxy) is 1. The van der Waals surface area contributed by atoms with Crippen molar-refractivity contribution in [3.05, 3.63) is 0 Å². The summed E-state index contributed by atoms with van der Waals surface area (Å²) in [6, 6.07) is -2.48. The van der Waals surface area contributed by atoms with Gasteiger partial charge in [0.2, 0.25) is 0 Å². The third-order valence-electron chi connectivity index (χ3n) is 4.08. The number of hydrogen-bond donors (Lipinski definition) is 5. The van der Waals surface area contributed by atoms with Crippen LogP contribution >= 0.6 is 0 Å². The Morgan fingerprint density at radius 2 is 2.08 bits per heavy atom. The largest absolute Gasteiger partial charge is 0.451 e. The van der Waals surface area contributed by atoms with Gasteiger partial charge in [-0.3, -0.25) is 10.5 Å². The average Bonchev–Trinajstić information content (AvgIpc) is 2.81. The molecule has 0 spiro atoms. The van der Waals surface area contributed by atoms with Gasteiger partial charge >= 0.3 is 13.3 Å². The molecule has 15 heteroatoms. The van der Waals surface area contributed by atoms with Crippen LogP contribution in [0.15, 0.2) is 0 Å². The van der Waals surface area contributed by atoms with Gasteiger partial charge in [0, 0.05) is 19.0 Å². The van der Waals surface area contributed by atoms with E-state index < -0.39 is 54.3 Å². The molecule has 0 radical (unpaired) electrons. The van der Waals surface area contributed by atoms with E-state index in [9.17, 15) is 26.4 Å². The van der Waals surface area contributed by atoms with Crippen LogP contribution in [0.5, 0.6) is 0 Å². The first-order valence-electron chi connectivity index (χ1n) is 7.66. The summed E-state index contributed by atoms with van der Waals surface area (Å²) in [6.45, 7) is -1.83. The van der Waals surface area contributed by atoms with Crippen LogP contribution in [0.3, 0.4) is 0 Å². The molecule has 1 rings (SSSR count). The van der Waals surface area contributed by atoms with E-state index >= 15 is 0 Å². The van der Waals surface area contributed by atoms with E-state index in [1.165, 1.54) is 4.72 Å². The molecule has 1 fully saturated rings. The highest BCUT2D eigenvalue weighted by Gasteiger charge is 2.51. The van der Waals surface area contributed by atoms with Crippen LogP contribution in [0.25, 0.3) is 0 Å². The number of halogens is 3. The molecule has 0 aliphatic carbocycles. The van der Waals surface area contributed by atoms with Crippen LogP contribution in [0.2, 0.25) is 6.32 Å². The molecule has 7 N–H and O–H groups in total. The van der Waals surface area contributed by atoms with Crippen molar-refractivity contribution in [1.82, 2.24) is 9.03 Å². The lowest BCUT2D eigenvalue weighted by molar-refractivity contribution is -0.149. The maximum atomic E-state index is 12.8. The zero-order valence-corrected chi connectivity index (χ0v) is 14.5. The van der Waals surface area contributed by atoms with Crippen LogP contribution in [0, 0.1) is 5.92 Å². The standard InChI is InChI=1S/C11H22BF3N4O6S/c13-11(14,15)9(4-16)18-26(23,24)19-5-8(2-1-3-12(21)22)10(17,6-19)25-7-20/h7-9,18,21-22H,1-6,16-17H2/t8-,9-,10+/m0/s1. The fourth-order valence-electron chi connectivity index (χ4n) is 2.66. The fourth-order valence-corrected chi connectivity index (χ4v) is 4.15. The number of carbonyl (C=O) groups excluding carboxylic acids is 1. The molecule has 1 aliphatic rings. The molecular formula is C11H22BF3N4O6S. The fraction of sp³-hybridized carbons (Fsp3) is 0.909. The van der Waals surface area contributed by atoms with Crippen molar-refractivity contribution in [1.29, 1.82) is 0 Å². The van der Waals surface area contributed by atoms with Gasteiger partial charge in [-0.15, -0.1) is 0 Å². The number of nitrogens with zero attached hydrogens (tertiary/aromatic N) is 1. The van der Waals surface area contributed by atoms with E-state index in [0.29, 0.717) is 4.31 Å². The summed E-state index contributed by atoms with van der Waals surface area (Å²) in [4.78, 5) is 10.7. The highest BCUT2D eigenvalue weighted by molar-refractivity contribution is 7.87. The molecule has 0 saturated carbocycles. The van der Waals surface area contributed by atoms with Crippen LogP contribution in [0.1, 0.15) is 12.8 Å². The molecule has 10 nitrogen and oxygen atoms in total. The maximum absolute atomic E-state index is 12.8. The zero-order chi connectivity index (χ0) is 20.2. The first-order valence-corrected chi connectivity index (χ1v) is 9.10. The topological polar surface area (TPSA) is 168 Å². The zero-order valence-electron chi connectivity index (χ0n) is 13.7. The van der Waals surface area contributed by atoms with Crippen LogP contribution in [0.4, 0.5) is 13.2 Å². The predicted octanol–water partition coefficient (Wildman–Crippen LogP) is -2.28. The molecule has 152 valence electrons. The van der Waals surface area contributed by atoms with E-state index in [0.717, 1.165) is 0 Å². The Morgan fingerprint density at radius 3 is 2.54 bits per heavy atom. The Balaban J connectivity index is 2.91. The van der Waals surface area contributed by atoms with Gasteiger partial charge in [-0.2, -0.15) is 30.6 Å². The van der Waals surface area contributed by atoms with Gasteiger partial charge in [0.1, 0.15) is 6.04 Å². The summed E-state index contributed by atoms with van der Waals surface area (Å²) in [5.41, 5.74) is 9.14. The average molecular weight is 406 g/mol. The number of nitrogens with one attached hydrogen (secondary N) is 1. The van der Waals surface area contributed by atoms with E-state index in [-0.39, 0.29) is 32.2 Å². The molecule has 3 atom stereocenters. The molecular weight excluding hydrogens is 384 g/mol. The van der Waals surface area contributed by atoms with Crippen LogP contribution < -0.4 is 16.2 Å². The predicted molar refractivity (Wildman–Crippen MR) is 84.3 cm³/mol. The van der Waals surface area contributed by atoms with Crippen molar-refractivity contribution in [2.24, 2.45) is 17.4 Å². The lowest BCUT2D eigenvalue weighted by Gasteiger charge is -2.28. The number of rotatable bonds is 10. The second-order valence-corrected chi connectivity index (χ2v) is 7.73. The van der Waals surface area contributed by atoms with Gasteiger partial charge in [0.25, 0.3) is 16.7 Å². The van der Waals surface area contributed by atoms with Crippen LogP contribution in [-0.4, -0.2) is 73.9 Å². The Bertz CT molecular complexity index is 581. The minimum Gasteiger partial charge on any atom is -0.445 e. The molecule has 1 heterocycles. The summed E-state index contributed by atoms with van der Waals surface area (Å²) < 4.78 is 69.7. The van der Waals surface area contributed by atoms with Crippen molar-refractivity contribution in [3.8, 4) is 0 Å². The monoisotopic (exact) mass is 406 g/mol. The van der Waals surface area contributed by atoms with E-state index in [1.54, 1.807) is 0 Å². The maximum Gasteiger partial charge on any atom is 0.451 e. The molecule has 0 aromatic heterocycles. The third kappa shape index (κ3) is 6.04. The van der Waals surface area contributed by atoms with Crippen molar-refractivity contribution in [2.75, 3.05) is 19.6 Å². The molecule has 0 amide bonds. The highest BCUT2D eigenvalue weighted by Crippen LogP contribution is 2.32. The Labute approximate surface area is 149 Å². The third-order valence-corrected chi connectivity index (χ3v) is 5.62. The molecule has 1 saturated heterocycles. The van der Waals surface area contributed by atoms with E-state index in [4.69, 9.17) is 26.3 Å². The minimum atomic E-state index is -4.88. The molecule has 0 aromatic rings. The second-order valence-electron chi connectivity index (χ2n) is 6.02. The van der Waals surface area contributed by atoms with Crippen molar-refractivity contribution in [2.45, 2.75) is 37.1 Å². The molecule has 1 aliphatic heterocycles. The first-order chi connectivity index (χ1) is 11.9. The summed E-state index contributed by atoms with van der Waals surface area (Å²) in [6.07, 6.45) is -4.52. The number of alkyl halides is 3. The quantitative estimate of drug-likeness (QED) is 0.154. The molecule has 0 bridgehead atoms. The summed E-state index contributed by atoms with van der Waals surface area (Å²) >= 11 is 0. The van der Waals surface area contributed by atoms with E-state index in [1.807, 2.05) is 0 Å². The second kappa shape index (κ2) is 8.82. The van der Waals surface area contributed by atoms with Crippen molar-refractivity contribution >= 4 is 23.8 Å². The lowest BCUT2D eigenvalue weighted by Crippen LogP contribution is -2.55. The molecule has 26 heavy (non-hydrogen) atoms. The number of nitrogens with two attached hydrogens (primary N) is 2. The normalized spacial score (nSPS) is 25.9. The highest BCUT2D eigenvalue weighted by atomic mass is 32.2. The molecule has 0 unspecified atom stereocenters. The van der Waals surface area contributed by atoms with Gasteiger partial charge in [-0.25, -0.2) is 0 Å². The van der Waals surface area contributed by atoms with Gasteiger partial charge < -0.3 is 20.5 Å². The summed E-state index contributed by atoms with van der Waals surface area (Å²) in [7, 11) is -6.18. The van der Waals surface area contributed by atoms with Gasteiger partial charge in [0.05, 0.1) is 6.54 Å². The SMILES string of the molecule is NC[C@H](NS(=O)(=O)N1C[C@H](CCCB(O)O)[C@](N)(OC=O)C1)C(F)(F)F. The lowest BCUT2D eigenvalue weighted by atomic mass is 9.81. The Morgan fingerprint density at radius 1 is 1.46 bits per heavy atom. The summed E-state index contributed by atoms with van der Waals surface area (Å²) in [5.74, 6) is -0.745. The van der Waals surface area contributed by atoms with Gasteiger partial charge in [-0.1, -0.05) is 6.42 Å². The molecule has 0 aromatic carbocycles. The van der Waals surface area contributed by atoms with Crippen LogP contribution in [-0.2, 0) is 19.7 Å². The number of hydrogen-bond acceptors (Lipinski definition) is 8. The van der Waals surface area contributed by atoms with E-state index in [2.05, 4.69) is 0 Å². The Hall–Kier alpha value is -0.965. The van der Waals surface area contributed by atoms with Crippen molar-refractivity contribution in [3.63, 3.8) is 0 Å². The minimum absolute atomic E-state index is 0.0236. The van der Waals surface area contributed by atoms with Gasteiger partial charge in [-0.05, 0) is 12.7 Å². The smallest absolute Gasteiger partial charge is 0.445 e. The summed E-state index contributed by atoms with van der Waals surface area (Å²) in [5, 5.41) is 17.7. The first kappa shape index (κ1) is 23.1. The van der Waals surface area contributed by atoms with Crippen molar-refractivity contribution < 1.29 is 41.2 Å². The van der Waals surface area contributed by atoms with Gasteiger partial charge in [0.15, 0.2) is 5.72 Å².